The molecule has 0 saturated heterocycles. The summed E-state index contributed by atoms with van der Waals surface area (Å²) < 4.78 is 5.16. The molecule has 0 radical (unpaired) electrons. The normalized spacial score (nSPS) is 16.1. The van der Waals surface area contributed by atoms with Crippen LogP contribution < -0.4 is 4.74 Å². The van der Waals surface area contributed by atoms with Gasteiger partial charge in [0.05, 0.1) is 7.11 Å². The molecule has 0 unspecified atom stereocenters. The maximum atomic E-state index is 11.9. The number of allylic oxidation sites excluding steroid dienone is 1. The number of benzene rings is 2. The van der Waals surface area contributed by atoms with Crippen molar-refractivity contribution < 1.29 is 9.53 Å². The Morgan fingerprint density at radius 3 is 2.35 bits per heavy atom. The number of fused-ring (bicyclic) bond motifs is 1. The van der Waals surface area contributed by atoms with Gasteiger partial charge in [-0.2, -0.15) is 0 Å². The largest absolute Gasteiger partial charge is 0.497 e. The number of rotatable bonds is 2. The van der Waals surface area contributed by atoms with Crippen molar-refractivity contribution in [2.75, 3.05) is 7.11 Å². The molecule has 2 heteroatoms. The molecule has 1 aliphatic carbocycles. The second-order valence-corrected chi connectivity index (χ2v) is 4.91. The summed E-state index contributed by atoms with van der Waals surface area (Å²) in [5, 5.41) is 0. The first-order chi connectivity index (χ1) is 9.78. The summed E-state index contributed by atoms with van der Waals surface area (Å²) in [7, 11) is 1.66. The Labute approximate surface area is 118 Å². The van der Waals surface area contributed by atoms with Crippen molar-refractivity contribution in [2.45, 2.75) is 12.8 Å². The van der Waals surface area contributed by atoms with Crippen LogP contribution in [0.5, 0.6) is 5.75 Å². The van der Waals surface area contributed by atoms with Crippen molar-refractivity contribution in [1.29, 1.82) is 0 Å². The fourth-order valence-corrected chi connectivity index (χ4v) is 2.58. The molecule has 0 aliphatic heterocycles. The van der Waals surface area contributed by atoms with E-state index >= 15 is 0 Å². The van der Waals surface area contributed by atoms with E-state index in [2.05, 4.69) is 6.08 Å². The molecule has 1 aliphatic rings. The van der Waals surface area contributed by atoms with Gasteiger partial charge < -0.3 is 4.74 Å². The molecule has 3 rings (SSSR count). The third kappa shape index (κ3) is 2.37. The lowest BCUT2D eigenvalue weighted by Gasteiger charge is -2.18. The van der Waals surface area contributed by atoms with E-state index in [1.54, 1.807) is 7.11 Å². The van der Waals surface area contributed by atoms with Crippen molar-refractivity contribution in [3.05, 3.63) is 65.2 Å². The lowest BCUT2D eigenvalue weighted by molar-refractivity contribution is 0.0981. The molecule has 0 saturated carbocycles. The first-order valence-corrected chi connectivity index (χ1v) is 6.75. The van der Waals surface area contributed by atoms with Crippen LogP contribution in [0.4, 0.5) is 0 Å². The maximum Gasteiger partial charge on any atom is 0.163 e. The number of carbonyl (C=O) groups excluding carboxylic acids is 1. The highest BCUT2D eigenvalue weighted by molar-refractivity contribution is 6.06. The van der Waals surface area contributed by atoms with Crippen LogP contribution in [0, 0.1) is 0 Å². The van der Waals surface area contributed by atoms with E-state index in [9.17, 15) is 4.79 Å². The highest BCUT2D eigenvalue weighted by Gasteiger charge is 2.19. The van der Waals surface area contributed by atoms with Gasteiger partial charge >= 0.3 is 0 Å². The summed E-state index contributed by atoms with van der Waals surface area (Å²) >= 11 is 0. The van der Waals surface area contributed by atoms with Gasteiger partial charge in [0.25, 0.3) is 0 Å². The molecule has 0 fully saturated rings. The summed E-state index contributed by atoms with van der Waals surface area (Å²) in [6.45, 7) is 0. The summed E-state index contributed by atoms with van der Waals surface area (Å²) in [4.78, 5) is 11.9. The third-order valence-electron chi connectivity index (χ3n) is 3.65. The number of carbonyl (C=O) groups is 1. The molecule has 2 aromatic carbocycles. The van der Waals surface area contributed by atoms with Gasteiger partial charge in [-0.05, 0) is 35.3 Å². The van der Waals surface area contributed by atoms with Gasteiger partial charge in [0, 0.05) is 12.0 Å². The van der Waals surface area contributed by atoms with Gasteiger partial charge in [0.1, 0.15) is 5.75 Å². The molecule has 0 atom stereocenters. The first-order valence-electron chi connectivity index (χ1n) is 6.75. The van der Waals surface area contributed by atoms with Crippen molar-refractivity contribution in [3.8, 4) is 5.75 Å². The Bertz CT molecular complexity index is 666. The van der Waals surface area contributed by atoms with Gasteiger partial charge in [0.15, 0.2) is 5.78 Å². The summed E-state index contributed by atoms with van der Waals surface area (Å²) in [5.41, 5.74) is 4.27. The van der Waals surface area contributed by atoms with Crippen molar-refractivity contribution >= 4 is 17.4 Å². The van der Waals surface area contributed by atoms with Crippen LogP contribution >= 0.6 is 0 Å². The molecule has 2 aromatic rings. The molecule has 0 spiro atoms. The van der Waals surface area contributed by atoms with Gasteiger partial charge in [-0.15, -0.1) is 0 Å². The van der Waals surface area contributed by atoms with Crippen LogP contribution in [-0.2, 0) is 0 Å². The number of ether oxygens (including phenoxy) is 1. The third-order valence-corrected chi connectivity index (χ3v) is 3.65. The minimum absolute atomic E-state index is 0.243. The predicted molar refractivity (Wildman–Crippen MR) is 80.9 cm³/mol. The van der Waals surface area contributed by atoms with Crippen LogP contribution in [0.15, 0.2) is 48.5 Å². The van der Waals surface area contributed by atoms with Gasteiger partial charge in [-0.25, -0.2) is 0 Å². The predicted octanol–water partition coefficient (Wildman–Crippen LogP) is 4.21. The first kappa shape index (κ1) is 12.7. The van der Waals surface area contributed by atoms with E-state index in [4.69, 9.17) is 4.74 Å². The molecule has 20 heavy (non-hydrogen) atoms. The van der Waals surface area contributed by atoms with Gasteiger partial charge in [-0.3, -0.25) is 4.79 Å². The zero-order valence-electron chi connectivity index (χ0n) is 11.4. The monoisotopic (exact) mass is 264 g/mol. The van der Waals surface area contributed by atoms with Crippen LogP contribution in [-0.4, -0.2) is 12.9 Å². The minimum Gasteiger partial charge on any atom is -0.497 e. The highest BCUT2D eigenvalue weighted by atomic mass is 16.5. The van der Waals surface area contributed by atoms with Crippen LogP contribution in [0.3, 0.4) is 0 Å². The zero-order valence-corrected chi connectivity index (χ0v) is 11.4. The average Bonchev–Trinajstić information content (AvgIpc) is 2.51. The number of methoxy groups -OCH3 is 1. The van der Waals surface area contributed by atoms with Crippen LogP contribution in [0.1, 0.15) is 34.3 Å². The number of hydrogen-bond acceptors (Lipinski definition) is 2. The molecular weight excluding hydrogens is 248 g/mol. The zero-order chi connectivity index (χ0) is 13.9. The van der Waals surface area contributed by atoms with Crippen molar-refractivity contribution in [1.82, 2.24) is 0 Å². The minimum atomic E-state index is 0.243. The summed E-state index contributed by atoms with van der Waals surface area (Å²) in [6.07, 6.45) is 3.56. The Morgan fingerprint density at radius 1 is 0.950 bits per heavy atom. The van der Waals surface area contributed by atoms with E-state index in [1.165, 1.54) is 5.57 Å². The lowest BCUT2D eigenvalue weighted by atomic mass is 9.85. The Hall–Kier alpha value is -2.35. The number of Topliss-reactive ketones (excluding diaryl/α,β-unsaturated/α-hetero) is 1. The highest BCUT2D eigenvalue weighted by Crippen LogP contribution is 2.32. The molecule has 2 nitrogen and oxygen atoms in total. The molecule has 0 amide bonds. The molecule has 0 heterocycles. The smallest absolute Gasteiger partial charge is 0.163 e. The number of ketones is 1. The van der Waals surface area contributed by atoms with Crippen LogP contribution in [0.25, 0.3) is 11.6 Å². The van der Waals surface area contributed by atoms with Crippen LogP contribution in [0.2, 0.25) is 0 Å². The fraction of sp³-hybridized carbons (Fsp3) is 0.167. The summed E-state index contributed by atoms with van der Waals surface area (Å²) in [6, 6.07) is 15.8. The molecule has 0 aromatic heterocycles. The molecule has 0 N–H and O–H groups in total. The second kappa shape index (κ2) is 5.33. The van der Waals surface area contributed by atoms with E-state index in [-0.39, 0.29) is 5.78 Å². The lowest BCUT2D eigenvalue weighted by Crippen LogP contribution is -2.09. The van der Waals surface area contributed by atoms with E-state index in [0.717, 1.165) is 28.9 Å². The van der Waals surface area contributed by atoms with E-state index in [0.29, 0.717) is 6.42 Å². The quantitative estimate of drug-likeness (QED) is 0.812. The molecule has 0 bridgehead atoms. The van der Waals surface area contributed by atoms with Crippen molar-refractivity contribution in [3.63, 3.8) is 0 Å². The topological polar surface area (TPSA) is 26.3 Å². The Balaban J connectivity index is 1.99. The van der Waals surface area contributed by atoms with Crippen molar-refractivity contribution in [2.24, 2.45) is 0 Å². The summed E-state index contributed by atoms with van der Waals surface area (Å²) in [5.74, 6) is 1.10. The Kier molecular flexibility index (Phi) is 3.38. The van der Waals surface area contributed by atoms with E-state index in [1.807, 2.05) is 48.5 Å². The molecular formula is C18H16O2. The van der Waals surface area contributed by atoms with Gasteiger partial charge in [0.2, 0.25) is 0 Å². The maximum absolute atomic E-state index is 11.9. The van der Waals surface area contributed by atoms with E-state index < -0.39 is 0 Å². The number of hydrogen-bond donors (Lipinski definition) is 0. The Morgan fingerprint density at radius 2 is 1.65 bits per heavy atom. The fourth-order valence-electron chi connectivity index (χ4n) is 2.58. The SMILES string of the molecule is COc1ccc(/C=C2\CCC(=O)c3ccccc32)cc1. The second-order valence-electron chi connectivity index (χ2n) is 4.91. The van der Waals surface area contributed by atoms with Gasteiger partial charge in [-0.1, -0.05) is 42.5 Å². The average molecular weight is 264 g/mol. The molecule has 100 valence electrons. The standard InChI is InChI=1S/C18H16O2/c1-20-15-9-6-13(7-10-15)12-14-8-11-18(19)17-5-3-2-4-16(14)17/h2-7,9-10,12H,8,11H2,1H3/b14-12+.